The summed E-state index contributed by atoms with van der Waals surface area (Å²) in [5.74, 6) is -3.21. The first-order chi connectivity index (χ1) is 21.9. The third-order valence-corrected chi connectivity index (χ3v) is 9.34. The predicted octanol–water partition coefficient (Wildman–Crippen LogP) is 6.72. The summed E-state index contributed by atoms with van der Waals surface area (Å²) >= 11 is 0. The molecule has 2 aliphatic carbocycles. The lowest BCUT2D eigenvalue weighted by Crippen LogP contribution is -2.51. The second kappa shape index (κ2) is 15.2. The van der Waals surface area contributed by atoms with Crippen LogP contribution < -0.4 is 10.6 Å². The lowest BCUT2D eigenvalue weighted by atomic mass is 9.80. The number of carboxylic acid groups (broad SMARTS) is 1. The number of aliphatic carboxylic acids is 1. The maximum absolute atomic E-state index is 14.1. The van der Waals surface area contributed by atoms with E-state index in [4.69, 9.17) is 9.47 Å². The highest BCUT2D eigenvalue weighted by atomic mass is 16.6. The van der Waals surface area contributed by atoms with Crippen LogP contribution in [0.25, 0.3) is 10.8 Å². The van der Waals surface area contributed by atoms with Crippen LogP contribution in [-0.2, 0) is 30.5 Å². The Hall–Kier alpha value is -3.72. The van der Waals surface area contributed by atoms with Crippen molar-refractivity contribution in [2.24, 2.45) is 17.8 Å². The summed E-state index contributed by atoms with van der Waals surface area (Å²) in [4.78, 5) is 53.0. The molecule has 0 radical (unpaired) electrons. The number of Topliss-reactive ketones (excluding diaryl/α,β-unsaturated/α-hetero) is 1. The number of fused-ring (bicyclic) bond motifs is 1. The molecular weight excluding hydrogens is 584 g/mol. The number of benzene rings is 2. The molecule has 46 heavy (non-hydrogen) atoms. The van der Waals surface area contributed by atoms with E-state index < -0.39 is 47.0 Å². The zero-order valence-electron chi connectivity index (χ0n) is 27.7. The van der Waals surface area contributed by atoms with E-state index in [0.29, 0.717) is 13.0 Å². The van der Waals surface area contributed by atoms with Gasteiger partial charge in [0.25, 0.3) is 0 Å². The fraction of sp³-hybridized carbons (Fsp3) is 0.568. The standard InChI is InChI=1S/C37H50N2O7/c1-6-28-22-37(28,34(42)43)39-33(41)27(20-29(7-2)45-23-26-18-13-17-24-14-11-12-19-30(24)26)21-31(40)32(25-15-9-8-10-16-25)38-35(44)46-36(3,4)5/h6,11-14,17-19,25,27-29,32H,1,7-10,15-16,20-23H2,2-5H3,(H,38,44)(H,39,41)(H,42,43)/t27-,28+,29+,32+,37-/m1/s1. The molecule has 2 aliphatic rings. The van der Waals surface area contributed by atoms with Crippen molar-refractivity contribution in [3.8, 4) is 0 Å². The Bertz CT molecular complexity index is 1400. The van der Waals surface area contributed by atoms with Crippen LogP contribution in [0.5, 0.6) is 0 Å². The number of carboxylic acids is 1. The molecule has 4 rings (SSSR count). The van der Waals surface area contributed by atoms with Crippen molar-refractivity contribution in [1.29, 1.82) is 0 Å². The zero-order valence-corrected chi connectivity index (χ0v) is 27.7. The van der Waals surface area contributed by atoms with Crippen molar-refractivity contribution in [3.05, 3.63) is 60.7 Å². The minimum absolute atomic E-state index is 0.0685. The molecule has 2 aromatic rings. The summed E-state index contributed by atoms with van der Waals surface area (Å²) < 4.78 is 11.9. The van der Waals surface area contributed by atoms with Gasteiger partial charge in [0.05, 0.1) is 18.8 Å². The van der Waals surface area contributed by atoms with Gasteiger partial charge in [-0.3, -0.25) is 9.59 Å². The number of hydrogen-bond donors (Lipinski definition) is 3. The third-order valence-electron chi connectivity index (χ3n) is 9.34. The van der Waals surface area contributed by atoms with Crippen LogP contribution in [0.2, 0.25) is 0 Å². The molecule has 2 aromatic carbocycles. The lowest BCUT2D eigenvalue weighted by Gasteiger charge is -2.32. The van der Waals surface area contributed by atoms with Crippen molar-refractivity contribution in [2.75, 3.05) is 0 Å². The SMILES string of the molecule is C=C[C@H]1C[C@]1(NC(=O)[C@@H](CC(=O)[C@@H](NC(=O)OC(C)(C)C)C1CCCCC1)C[C@H](CC)OCc1cccc2ccccc12)C(=O)O. The van der Waals surface area contributed by atoms with Crippen molar-refractivity contribution < 1.29 is 33.8 Å². The second-order valence-electron chi connectivity index (χ2n) is 13.9. The first-order valence-corrected chi connectivity index (χ1v) is 16.6. The maximum atomic E-state index is 14.1. The molecule has 0 bridgehead atoms. The van der Waals surface area contributed by atoms with E-state index in [1.807, 2.05) is 49.4 Å². The van der Waals surface area contributed by atoms with Gasteiger partial charge in [-0.05, 0) is 75.1 Å². The van der Waals surface area contributed by atoms with Gasteiger partial charge in [-0.25, -0.2) is 9.59 Å². The lowest BCUT2D eigenvalue weighted by molar-refractivity contribution is -0.144. The Morgan fingerprint density at radius 3 is 2.39 bits per heavy atom. The number of alkyl carbamates (subject to hydrolysis) is 1. The van der Waals surface area contributed by atoms with Gasteiger partial charge in [0.1, 0.15) is 11.1 Å². The molecule has 0 spiro atoms. The number of carbonyl (C=O) groups excluding carboxylic acids is 3. The van der Waals surface area contributed by atoms with Crippen LogP contribution in [0, 0.1) is 17.8 Å². The summed E-state index contributed by atoms with van der Waals surface area (Å²) in [7, 11) is 0. The van der Waals surface area contributed by atoms with Gasteiger partial charge in [-0.15, -0.1) is 6.58 Å². The Morgan fingerprint density at radius 2 is 1.76 bits per heavy atom. The van der Waals surface area contributed by atoms with Crippen molar-refractivity contribution in [1.82, 2.24) is 10.6 Å². The number of ketones is 1. The molecule has 5 atom stereocenters. The van der Waals surface area contributed by atoms with E-state index in [1.165, 1.54) is 0 Å². The van der Waals surface area contributed by atoms with Crippen LogP contribution in [0.1, 0.15) is 91.0 Å². The van der Waals surface area contributed by atoms with Crippen LogP contribution in [0.3, 0.4) is 0 Å². The Labute approximate surface area is 272 Å². The fourth-order valence-electron chi connectivity index (χ4n) is 6.65. The molecule has 250 valence electrons. The maximum Gasteiger partial charge on any atom is 0.408 e. The molecule has 2 fully saturated rings. The van der Waals surface area contributed by atoms with E-state index in [1.54, 1.807) is 26.8 Å². The fourth-order valence-corrected chi connectivity index (χ4v) is 6.65. The van der Waals surface area contributed by atoms with Crippen LogP contribution >= 0.6 is 0 Å². The summed E-state index contributed by atoms with van der Waals surface area (Å²) in [6.45, 7) is 11.3. The number of carbonyl (C=O) groups is 4. The van der Waals surface area contributed by atoms with Crippen molar-refractivity contribution in [2.45, 2.75) is 115 Å². The molecule has 0 aliphatic heterocycles. The summed E-state index contributed by atoms with van der Waals surface area (Å²) in [6, 6.07) is 13.3. The average molecular weight is 635 g/mol. The molecule has 2 amide bonds. The Morgan fingerprint density at radius 1 is 1.07 bits per heavy atom. The molecule has 0 saturated heterocycles. The number of ether oxygens (including phenoxy) is 2. The number of nitrogens with one attached hydrogen (secondary N) is 2. The van der Waals surface area contributed by atoms with Gasteiger partial charge >= 0.3 is 12.1 Å². The molecule has 9 nitrogen and oxygen atoms in total. The Kier molecular flexibility index (Phi) is 11.6. The molecule has 2 saturated carbocycles. The van der Waals surface area contributed by atoms with Crippen LogP contribution in [0.4, 0.5) is 4.79 Å². The van der Waals surface area contributed by atoms with E-state index in [2.05, 4.69) is 17.2 Å². The van der Waals surface area contributed by atoms with Gasteiger partial charge in [-0.2, -0.15) is 0 Å². The van der Waals surface area contributed by atoms with Crippen LogP contribution in [0.15, 0.2) is 55.1 Å². The topological polar surface area (TPSA) is 131 Å². The molecule has 0 heterocycles. The van der Waals surface area contributed by atoms with E-state index in [9.17, 15) is 24.3 Å². The summed E-state index contributed by atoms with van der Waals surface area (Å²) in [5, 5.41) is 17.8. The monoisotopic (exact) mass is 634 g/mol. The van der Waals surface area contributed by atoms with E-state index in [-0.39, 0.29) is 37.1 Å². The van der Waals surface area contributed by atoms with Crippen molar-refractivity contribution >= 4 is 34.5 Å². The highest BCUT2D eigenvalue weighted by molar-refractivity contribution is 5.95. The van der Waals surface area contributed by atoms with Gasteiger partial charge in [0.15, 0.2) is 5.78 Å². The van der Waals surface area contributed by atoms with E-state index in [0.717, 1.165) is 48.4 Å². The molecule has 3 N–H and O–H groups in total. The minimum atomic E-state index is -1.43. The first kappa shape index (κ1) is 35.1. The Balaban J connectivity index is 1.55. The number of rotatable bonds is 15. The summed E-state index contributed by atoms with van der Waals surface area (Å²) in [5.41, 5.74) is -1.15. The molecule has 9 heteroatoms. The highest BCUT2D eigenvalue weighted by Crippen LogP contribution is 2.45. The number of amides is 2. The molecular formula is C37H50N2O7. The van der Waals surface area contributed by atoms with E-state index >= 15 is 0 Å². The summed E-state index contributed by atoms with van der Waals surface area (Å²) in [6.07, 6.45) is 5.96. The second-order valence-corrected chi connectivity index (χ2v) is 13.9. The van der Waals surface area contributed by atoms with Gasteiger partial charge in [0.2, 0.25) is 5.91 Å². The average Bonchev–Trinajstić information content (AvgIpc) is 3.75. The zero-order chi connectivity index (χ0) is 33.5. The smallest absolute Gasteiger partial charge is 0.408 e. The van der Waals surface area contributed by atoms with Gasteiger partial charge in [-0.1, -0.05) is 74.7 Å². The number of hydrogen-bond acceptors (Lipinski definition) is 6. The normalized spacial score (nSPS) is 21.9. The van der Waals surface area contributed by atoms with Gasteiger partial charge in [0, 0.05) is 18.3 Å². The highest BCUT2D eigenvalue weighted by Gasteiger charge is 2.60. The molecule has 0 aromatic heterocycles. The largest absolute Gasteiger partial charge is 0.479 e. The van der Waals surface area contributed by atoms with Gasteiger partial charge < -0.3 is 25.2 Å². The minimum Gasteiger partial charge on any atom is -0.479 e. The predicted molar refractivity (Wildman–Crippen MR) is 177 cm³/mol. The first-order valence-electron chi connectivity index (χ1n) is 16.6. The van der Waals surface area contributed by atoms with Crippen LogP contribution in [-0.4, -0.2) is 52.1 Å². The third kappa shape index (κ3) is 8.96. The molecule has 0 unspecified atom stereocenters. The van der Waals surface area contributed by atoms with Crippen molar-refractivity contribution in [3.63, 3.8) is 0 Å². The quantitative estimate of drug-likeness (QED) is 0.185.